The Morgan fingerprint density at radius 2 is 2.00 bits per heavy atom. The minimum Gasteiger partial charge on any atom is -0.314 e. The first-order valence-corrected chi connectivity index (χ1v) is 8.87. The highest BCUT2D eigenvalue weighted by molar-refractivity contribution is 7.91. The van der Waals surface area contributed by atoms with Crippen molar-refractivity contribution in [2.24, 2.45) is 5.92 Å². The van der Waals surface area contributed by atoms with Crippen molar-refractivity contribution in [3.05, 3.63) is 0 Å². The van der Waals surface area contributed by atoms with Crippen molar-refractivity contribution in [1.29, 1.82) is 0 Å². The first-order valence-electron chi connectivity index (χ1n) is 6.92. The Bertz CT molecular complexity index is 398. The quantitative estimate of drug-likeness (QED) is 0.838. The molecule has 18 heavy (non-hydrogen) atoms. The fraction of sp³-hybridized carbons (Fsp3) is 0.923. The number of carbonyl (C=O) groups is 1. The number of rotatable bonds is 4. The summed E-state index contributed by atoms with van der Waals surface area (Å²) in [6.07, 6.45) is 7.12. The highest BCUT2D eigenvalue weighted by Gasteiger charge is 2.33. The standard InChI is InChI=1S/C13H23NO3S/c1-18(16,17)12-6-2-4-10(8-12)13(15)9-11-5-3-7-14-11/h10-12,14H,2-9H2,1H3. The van der Waals surface area contributed by atoms with Crippen LogP contribution in [0.15, 0.2) is 0 Å². The molecule has 0 amide bonds. The minimum absolute atomic E-state index is 0.0270. The van der Waals surface area contributed by atoms with Crippen LogP contribution in [0.1, 0.15) is 44.9 Å². The van der Waals surface area contributed by atoms with Gasteiger partial charge in [-0.25, -0.2) is 8.42 Å². The number of Topliss-reactive ketones (excluding diaryl/α,β-unsaturated/α-hetero) is 1. The summed E-state index contributed by atoms with van der Waals surface area (Å²) >= 11 is 0. The molecular formula is C13H23NO3S. The molecule has 1 aliphatic heterocycles. The van der Waals surface area contributed by atoms with Gasteiger partial charge in [0.2, 0.25) is 0 Å². The van der Waals surface area contributed by atoms with Crippen LogP contribution in [-0.2, 0) is 14.6 Å². The van der Waals surface area contributed by atoms with Gasteiger partial charge in [0.25, 0.3) is 0 Å². The maximum Gasteiger partial charge on any atom is 0.150 e. The van der Waals surface area contributed by atoms with Crippen LogP contribution in [0.4, 0.5) is 0 Å². The van der Waals surface area contributed by atoms with Crippen molar-refractivity contribution in [3.8, 4) is 0 Å². The third kappa shape index (κ3) is 3.54. The second-order valence-corrected chi connectivity index (χ2v) is 8.10. The van der Waals surface area contributed by atoms with Crippen molar-refractivity contribution in [3.63, 3.8) is 0 Å². The number of carbonyl (C=O) groups excluding carboxylic acids is 1. The monoisotopic (exact) mass is 273 g/mol. The van der Waals surface area contributed by atoms with E-state index in [1.54, 1.807) is 0 Å². The van der Waals surface area contributed by atoms with Crippen molar-refractivity contribution < 1.29 is 13.2 Å². The molecule has 1 aliphatic carbocycles. The molecular weight excluding hydrogens is 250 g/mol. The molecule has 4 nitrogen and oxygen atoms in total. The van der Waals surface area contributed by atoms with Crippen LogP contribution < -0.4 is 5.32 Å². The van der Waals surface area contributed by atoms with E-state index in [9.17, 15) is 13.2 Å². The molecule has 0 spiro atoms. The molecule has 0 aromatic rings. The van der Waals surface area contributed by atoms with Crippen LogP contribution in [0.2, 0.25) is 0 Å². The first kappa shape index (κ1) is 14.0. The molecule has 104 valence electrons. The predicted molar refractivity (Wildman–Crippen MR) is 71.2 cm³/mol. The molecule has 1 saturated heterocycles. The molecule has 0 aromatic heterocycles. The van der Waals surface area contributed by atoms with Crippen LogP contribution in [0.3, 0.4) is 0 Å². The SMILES string of the molecule is CS(=O)(=O)C1CCCC(C(=O)CC2CCCN2)C1. The van der Waals surface area contributed by atoms with Gasteiger partial charge in [0.15, 0.2) is 0 Å². The molecule has 5 heteroatoms. The van der Waals surface area contributed by atoms with Gasteiger partial charge in [-0.1, -0.05) is 6.42 Å². The normalized spacial score (nSPS) is 33.5. The van der Waals surface area contributed by atoms with Crippen molar-refractivity contribution in [1.82, 2.24) is 5.32 Å². The molecule has 0 aromatic carbocycles. The van der Waals surface area contributed by atoms with Crippen LogP contribution in [0.25, 0.3) is 0 Å². The van der Waals surface area contributed by atoms with Crippen molar-refractivity contribution in [2.75, 3.05) is 12.8 Å². The average Bonchev–Trinajstić information content (AvgIpc) is 2.81. The van der Waals surface area contributed by atoms with Crippen molar-refractivity contribution >= 4 is 15.6 Å². The number of nitrogens with one attached hydrogen (secondary N) is 1. The zero-order valence-corrected chi connectivity index (χ0v) is 11.8. The summed E-state index contributed by atoms with van der Waals surface area (Å²) < 4.78 is 23.2. The van der Waals surface area contributed by atoms with E-state index < -0.39 is 9.84 Å². The highest BCUT2D eigenvalue weighted by atomic mass is 32.2. The van der Waals surface area contributed by atoms with Gasteiger partial charge in [-0.15, -0.1) is 0 Å². The summed E-state index contributed by atoms with van der Waals surface area (Å²) in [4.78, 5) is 12.2. The highest BCUT2D eigenvalue weighted by Crippen LogP contribution is 2.30. The molecule has 2 rings (SSSR count). The van der Waals surface area contributed by atoms with E-state index in [0.717, 1.165) is 38.6 Å². The number of ketones is 1. The van der Waals surface area contributed by atoms with Gasteiger partial charge >= 0.3 is 0 Å². The molecule has 1 heterocycles. The van der Waals surface area contributed by atoms with E-state index in [0.29, 0.717) is 18.9 Å². The Balaban J connectivity index is 1.89. The van der Waals surface area contributed by atoms with E-state index >= 15 is 0 Å². The Kier molecular flexibility index (Phi) is 4.43. The maximum absolute atomic E-state index is 12.2. The van der Waals surface area contributed by atoms with Gasteiger partial charge in [0.1, 0.15) is 15.6 Å². The van der Waals surface area contributed by atoms with Crippen LogP contribution in [-0.4, -0.2) is 38.3 Å². The zero-order chi connectivity index (χ0) is 13.2. The van der Waals surface area contributed by atoms with Crippen molar-refractivity contribution in [2.45, 2.75) is 56.2 Å². The average molecular weight is 273 g/mol. The van der Waals surface area contributed by atoms with Crippen LogP contribution >= 0.6 is 0 Å². The lowest BCUT2D eigenvalue weighted by Crippen LogP contribution is -2.34. The summed E-state index contributed by atoms with van der Waals surface area (Å²) in [5.74, 6) is 0.239. The molecule has 0 radical (unpaired) electrons. The molecule has 2 fully saturated rings. The lowest BCUT2D eigenvalue weighted by atomic mass is 9.84. The smallest absolute Gasteiger partial charge is 0.150 e. The Labute approximate surface area is 109 Å². The molecule has 3 unspecified atom stereocenters. The Morgan fingerprint density at radius 3 is 2.61 bits per heavy atom. The lowest BCUT2D eigenvalue weighted by molar-refractivity contribution is -0.124. The molecule has 0 bridgehead atoms. The third-order valence-electron chi connectivity index (χ3n) is 4.30. The summed E-state index contributed by atoms with van der Waals surface area (Å²) in [5, 5.41) is 3.03. The molecule has 3 atom stereocenters. The molecule has 2 aliphatic rings. The third-order valence-corrected chi connectivity index (χ3v) is 5.94. The van der Waals surface area contributed by atoms with Crippen LogP contribution in [0, 0.1) is 5.92 Å². The largest absolute Gasteiger partial charge is 0.314 e. The van der Waals surface area contributed by atoms with Gasteiger partial charge in [0, 0.05) is 24.6 Å². The summed E-state index contributed by atoms with van der Waals surface area (Å²) in [7, 11) is -2.99. The predicted octanol–water partition coefficient (Wildman–Crippen LogP) is 1.30. The van der Waals surface area contributed by atoms with Gasteiger partial charge < -0.3 is 5.32 Å². The van der Waals surface area contributed by atoms with E-state index in [1.807, 2.05) is 0 Å². The van der Waals surface area contributed by atoms with E-state index in [1.165, 1.54) is 6.26 Å². The summed E-state index contributed by atoms with van der Waals surface area (Å²) in [5.41, 5.74) is 0. The fourth-order valence-corrected chi connectivity index (χ4v) is 4.34. The first-order chi connectivity index (χ1) is 8.47. The molecule has 1 saturated carbocycles. The van der Waals surface area contributed by atoms with Gasteiger partial charge in [0.05, 0.1) is 5.25 Å². The van der Waals surface area contributed by atoms with Gasteiger partial charge in [-0.05, 0) is 38.6 Å². The second kappa shape index (κ2) is 5.70. The number of hydrogen-bond acceptors (Lipinski definition) is 4. The maximum atomic E-state index is 12.2. The Morgan fingerprint density at radius 1 is 1.22 bits per heavy atom. The van der Waals surface area contributed by atoms with Crippen LogP contribution in [0.5, 0.6) is 0 Å². The zero-order valence-electron chi connectivity index (χ0n) is 11.0. The minimum atomic E-state index is -2.99. The van der Waals surface area contributed by atoms with E-state index in [4.69, 9.17) is 0 Å². The lowest BCUT2D eigenvalue weighted by Gasteiger charge is -2.27. The van der Waals surface area contributed by atoms with Gasteiger partial charge in [-0.2, -0.15) is 0 Å². The number of sulfone groups is 1. The van der Waals surface area contributed by atoms with Gasteiger partial charge in [-0.3, -0.25) is 4.79 Å². The number of hydrogen-bond donors (Lipinski definition) is 1. The fourth-order valence-electron chi connectivity index (χ4n) is 3.17. The summed E-state index contributed by atoms with van der Waals surface area (Å²) in [6, 6.07) is 0.330. The second-order valence-electron chi connectivity index (χ2n) is 5.78. The van der Waals surface area contributed by atoms with E-state index in [2.05, 4.69) is 5.32 Å². The molecule has 1 N–H and O–H groups in total. The van der Waals surface area contributed by atoms with E-state index in [-0.39, 0.29) is 17.0 Å². The Hall–Kier alpha value is -0.420. The summed E-state index contributed by atoms with van der Waals surface area (Å²) in [6.45, 7) is 1.01. The topological polar surface area (TPSA) is 63.2 Å².